The number of thiazole rings is 1. The van der Waals surface area contributed by atoms with E-state index in [4.69, 9.17) is 16.3 Å². The first kappa shape index (κ1) is 15.5. The van der Waals surface area contributed by atoms with Gasteiger partial charge in [0.2, 0.25) is 0 Å². The Kier molecular flexibility index (Phi) is 4.75. The molecule has 2 aromatic heterocycles. The molecule has 8 heteroatoms. The monoisotopic (exact) mass is 339 g/mol. The summed E-state index contributed by atoms with van der Waals surface area (Å²) in [5.74, 6) is 0.745. The Balaban J connectivity index is 1.67. The van der Waals surface area contributed by atoms with Crippen molar-refractivity contribution in [3.63, 3.8) is 0 Å². The zero-order valence-electron chi connectivity index (χ0n) is 12.6. The van der Waals surface area contributed by atoms with Crippen molar-refractivity contribution in [3.05, 3.63) is 27.8 Å². The van der Waals surface area contributed by atoms with Crippen LogP contribution in [0.1, 0.15) is 18.0 Å². The third-order valence-corrected chi connectivity index (χ3v) is 5.07. The minimum absolute atomic E-state index is 0.345. The Morgan fingerprint density at radius 2 is 2.05 bits per heavy atom. The van der Waals surface area contributed by atoms with Gasteiger partial charge in [0.25, 0.3) is 0 Å². The summed E-state index contributed by atoms with van der Waals surface area (Å²) >= 11 is 7.93. The van der Waals surface area contributed by atoms with Crippen molar-refractivity contribution in [2.45, 2.75) is 13.0 Å². The smallest absolute Gasteiger partial charge is 0.318 e. The van der Waals surface area contributed by atoms with E-state index in [2.05, 4.69) is 31.7 Å². The lowest BCUT2D eigenvalue weighted by Crippen LogP contribution is -2.47. The number of anilines is 1. The maximum Gasteiger partial charge on any atom is 0.318 e. The summed E-state index contributed by atoms with van der Waals surface area (Å²) in [5, 5.41) is 3.74. The molecule has 2 aromatic rings. The van der Waals surface area contributed by atoms with Crippen molar-refractivity contribution >= 4 is 28.8 Å². The Labute approximate surface area is 138 Å². The molecule has 1 aliphatic heterocycles. The van der Waals surface area contributed by atoms with Crippen LogP contribution in [0.2, 0.25) is 5.02 Å². The lowest BCUT2D eigenvalue weighted by atomic mass is 10.2. The van der Waals surface area contributed by atoms with E-state index in [1.165, 1.54) is 0 Å². The molecule has 0 spiro atoms. The number of methoxy groups -OCH3 is 1. The fourth-order valence-electron chi connectivity index (χ4n) is 2.58. The highest BCUT2D eigenvalue weighted by atomic mass is 35.5. The van der Waals surface area contributed by atoms with Gasteiger partial charge in [-0.25, -0.2) is 9.97 Å². The number of piperazine rings is 1. The lowest BCUT2D eigenvalue weighted by molar-refractivity contribution is 0.197. The largest absolute Gasteiger partial charge is 0.467 e. The molecule has 118 valence electrons. The van der Waals surface area contributed by atoms with Crippen molar-refractivity contribution < 1.29 is 4.74 Å². The molecule has 1 atom stereocenters. The van der Waals surface area contributed by atoms with Gasteiger partial charge in [-0.1, -0.05) is 11.6 Å². The molecule has 1 aliphatic rings. The summed E-state index contributed by atoms with van der Waals surface area (Å²) < 4.78 is 5.08. The zero-order valence-corrected chi connectivity index (χ0v) is 14.1. The lowest BCUT2D eigenvalue weighted by Gasteiger charge is -2.38. The summed E-state index contributed by atoms with van der Waals surface area (Å²) in [6.45, 7) is 5.84. The Morgan fingerprint density at radius 3 is 2.68 bits per heavy atom. The molecule has 0 bridgehead atoms. The van der Waals surface area contributed by atoms with Gasteiger partial charge >= 0.3 is 6.01 Å². The molecule has 3 rings (SSSR count). The average Bonchev–Trinajstić information content (AvgIpc) is 3.09. The molecule has 0 aliphatic carbocycles. The molecular weight excluding hydrogens is 322 g/mol. The number of hydrogen-bond acceptors (Lipinski definition) is 7. The second kappa shape index (κ2) is 6.76. The van der Waals surface area contributed by atoms with E-state index in [-0.39, 0.29) is 0 Å². The Morgan fingerprint density at radius 1 is 1.27 bits per heavy atom. The predicted molar refractivity (Wildman–Crippen MR) is 87.9 cm³/mol. The van der Waals surface area contributed by atoms with E-state index in [0.717, 1.165) is 37.0 Å². The molecule has 1 saturated heterocycles. The van der Waals surface area contributed by atoms with Crippen molar-refractivity contribution in [2.24, 2.45) is 0 Å². The highest BCUT2D eigenvalue weighted by Crippen LogP contribution is 2.28. The number of ether oxygens (including phenoxy) is 1. The molecule has 6 nitrogen and oxygen atoms in total. The SMILES string of the molecule is COc1ncc(Cl)c(N2CCN(C(C)c3nccs3)CC2)n1. The van der Waals surface area contributed by atoms with Crippen LogP contribution < -0.4 is 9.64 Å². The standard InChI is InChI=1S/C14H18ClN5OS/c1-10(13-16-3-8-22-13)19-4-6-20(7-5-19)12-11(15)9-17-14(18-12)21-2/h3,8-10H,4-7H2,1-2H3. The second-order valence-electron chi connectivity index (χ2n) is 5.10. The first-order valence-corrected chi connectivity index (χ1v) is 8.39. The Hall–Kier alpha value is -1.44. The van der Waals surface area contributed by atoms with Gasteiger partial charge in [-0.05, 0) is 6.92 Å². The molecule has 0 N–H and O–H groups in total. The summed E-state index contributed by atoms with van der Waals surface area (Å²) in [4.78, 5) is 17.4. The number of aromatic nitrogens is 3. The van der Waals surface area contributed by atoms with Gasteiger partial charge < -0.3 is 9.64 Å². The highest BCUT2D eigenvalue weighted by molar-refractivity contribution is 7.09. The molecule has 0 aromatic carbocycles. The van der Waals surface area contributed by atoms with E-state index in [1.54, 1.807) is 24.6 Å². The average molecular weight is 340 g/mol. The van der Waals surface area contributed by atoms with Crippen LogP contribution in [0, 0.1) is 0 Å². The first-order valence-electron chi connectivity index (χ1n) is 7.14. The van der Waals surface area contributed by atoms with Crippen LogP contribution in [0.15, 0.2) is 17.8 Å². The van der Waals surface area contributed by atoms with Crippen LogP contribution in [0.25, 0.3) is 0 Å². The van der Waals surface area contributed by atoms with E-state index >= 15 is 0 Å². The molecule has 0 saturated carbocycles. The van der Waals surface area contributed by atoms with E-state index < -0.39 is 0 Å². The first-order chi connectivity index (χ1) is 10.7. The molecule has 1 unspecified atom stereocenters. The Bertz CT molecular complexity index is 616. The van der Waals surface area contributed by atoms with Gasteiger partial charge in [-0.2, -0.15) is 4.98 Å². The molecule has 0 amide bonds. The molecular formula is C14H18ClN5OS. The number of halogens is 1. The van der Waals surface area contributed by atoms with E-state index in [0.29, 0.717) is 17.1 Å². The minimum Gasteiger partial charge on any atom is -0.467 e. The number of nitrogens with zero attached hydrogens (tertiary/aromatic N) is 5. The van der Waals surface area contributed by atoms with Crippen LogP contribution in [0.4, 0.5) is 5.82 Å². The second-order valence-corrected chi connectivity index (χ2v) is 6.43. The third-order valence-electron chi connectivity index (χ3n) is 3.86. The quantitative estimate of drug-likeness (QED) is 0.853. The van der Waals surface area contributed by atoms with Crippen molar-refractivity contribution in [3.8, 4) is 6.01 Å². The fourth-order valence-corrected chi connectivity index (χ4v) is 3.52. The van der Waals surface area contributed by atoms with Crippen LogP contribution in [0.5, 0.6) is 6.01 Å². The summed E-state index contributed by atoms with van der Waals surface area (Å²) in [5.41, 5.74) is 0. The third kappa shape index (κ3) is 3.16. The fraction of sp³-hybridized carbons (Fsp3) is 0.500. The molecule has 0 radical (unpaired) electrons. The summed E-state index contributed by atoms with van der Waals surface area (Å²) in [7, 11) is 1.56. The van der Waals surface area contributed by atoms with Crippen molar-refractivity contribution in [2.75, 3.05) is 38.2 Å². The van der Waals surface area contributed by atoms with E-state index in [1.807, 2.05) is 11.6 Å². The van der Waals surface area contributed by atoms with Gasteiger partial charge in [0.15, 0.2) is 5.82 Å². The highest BCUT2D eigenvalue weighted by Gasteiger charge is 2.25. The number of rotatable bonds is 4. The predicted octanol–water partition coefficient (Wildman–Crippen LogP) is 2.48. The van der Waals surface area contributed by atoms with Crippen LogP contribution in [-0.2, 0) is 0 Å². The van der Waals surface area contributed by atoms with Gasteiger partial charge in [0.1, 0.15) is 10.0 Å². The van der Waals surface area contributed by atoms with Crippen molar-refractivity contribution in [1.29, 1.82) is 0 Å². The maximum atomic E-state index is 6.22. The van der Waals surface area contributed by atoms with Gasteiger partial charge in [0.05, 0.1) is 19.3 Å². The van der Waals surface area contributed by atoms with Crippen LogP contribution in [-0.4, -0.2) is 53.1 Å². The molecule has 1 fully saturated rings. The topological polar surface area (TPSA) is 54.4 Å². The number of hydrogen-bond donors (Lipinski definition) is 0. The summed E-state index contributed by atoms with van der Waals surface area (Å²) in [6.07, 6.45) is 3.45. The van der Waals surface area contributed by atoms with Gasteiger partial charge in [-0.3, -0.25) is 4.90 Å². The molecule has 22 heavy (non-hydrogen) atoms. The van der Waals surface area contributed by atoms with Crippen LogP contribution in [0.3, 0.4) is 0 Å². The normalized spacial score (nSPS) is 17.5. The minimum atomic E-state index is 0.345. The van der Waals surface area contributed by atoms with E-state index in [9.17, 15) is 0 Å². The maximum absolute atomic E-state index is 6.22. The zero-order chi connectivity index (χ0) is 15.5. The van der Waals surface area contributed by atoms with Crippen LogP contribution >= 0.6 is 22.9 Å². The molecule has 3 heterocycles. The van der Waals surface area contributed by atoms with Gasteiger partial charge in [0, 0.05) is 37.8 Å². The van der Waals surface area contributed by atoms with Gasteiger partial charge in [-0.15, -0.1) is 11.3 Å². The summed E-state index contributed by atoms with van der Waals surface area (Å²) in [6, 6.07) is 0.690. The van der Waals surface area contributed by atoms with Crippen molar-refractivity contribution in [1.82, 2.24) is 19.9 Å².